The van der Waals surface area contributed by atoms with E-state index in [4.69, 9.17) is 10.5 Å². The SMILES string of the molecule is COc1cccc(C(C)CC(C)N)c1. The molecule has 2 atom stereocenters. The molecule has 0 aliphatic heterocycles. The highest BCUT2D eigenvalue weighted by Gasteiger charge is 2.08. The van der Waals surface area contributed by atoms with Crippen molar-refractivity contribution in [1.29, 1.82) is 0 Å². The standard InChI is InChI=1S/C12H19NO/c1-9(7-10(2)13)11-5-4-6-12(8-11)14-3/h4-6,8-10H,7,13H2,1-3H3. The fourth-order valence-corrected chi connectivity index (χ4v) is 1.64. The Bertz CT molecular complexity index is 283. The van der Waals surface area contributed by atoms with Gasteiger partial charge in [-0.15, -0.1) is 0 Å². The Hall–Kier alpha value is -1.02. The van der Waals surface area contributed by atoms with E-state index in [-0.39, 0.29) is 6.04 Å². The number of nitrogens with two attached hydrogens (primary N) is 1. The van der Waals surface area contributed by atoms with Crippen LogP contribution in [0.2, 0.25) is 0 Å². The normalized spacial score (nSPS) is 14.9. The minimum atomic E-state index is 0.246. The van der Waals surface area contributed by atoms with Crippen LogP contribution in [0.3, 0.4) is 0 Å². The van der Waals surface area contributed by atoms with Gasteiger partial charge >= 0.3 is 0 Å². The molecule has 1 aromatic rings. The maximum absolute atomic E-state index is 5.77. The molecule has 2 N–H and O–H groups in total. The molecule has 14 heavy (non-hydrogen) atoms. The van der Waals surface area contributed by atoms with E-state index < -0.39 is 0 Å². The van der Waals surface area contributed by atoms with Crippen molar-refractivity contribution in [3.05, 3.63) is 29.8 Å². The molecule has 0 saturated carbocycles. The lowest BCUT2D eigenvalue weighted by atomic mass is 9.95. The summed E-state index contributed by atoms with van der Waals surface area (Å²) in [5.41, 5.74) is 7.06. The zero-order valence-electron chi connectivity index (χ0n) is 9.16. The van der Waals surface area contributed by atoms with E-state index in [9.17, 15) is 0 Å². The van der Waals surface area contributed by atoms with Crippen LogP contribution in [0.1, 0.15) is 31.7 Å². The molecule has 0 aliphatic rings. The first-order valence-electron chi connectivity index (χ1n) is 5.03. The maximum atomic E-state index is 5.77. The summed E-state index contributed by atoms with van der Waals surface area (Å²) < 4.78 is 5.18. The van der Waals surface area contributed by atoms with Crippen molar-refractivity contribution in [3.63, 3.8) is 0 Å². The second-order valence-electron chi connectivity index (χ2n) is 3.89. The molecule has 0 saturated heterocycles. The molecule has 2 nitrogen and oxygen atoms in total. The summed E-state index contributed by atoms with van der Waals surface area (Å²) >= 11 is 0. The third kappa shape index (κ3) is 3.04. The fourth-order valence-electron chi connectivity index (χ4n) is 1.64. The van der Waals surface area contributed by atoms with Gasteiger partial charge in [-0.1, -0.05) is 19.1 Å². The van der Waals surface area contributed by atoms with Crippen molar-refractivity contribution >= 4 is 0 Å². The summed E-state index contributed by atoms with van der Waals surface area (Å²) in [5.74, 6) is 1.41. The van der Waals surface area contributed by atoms with Crippen LogP contribution in [-0.2, 0) is 0 Å². The summed E-state index contributed by atoms with van der Waals surface area (Å²) in [7, 11) is 1.69. The number of hydrogen-bond donors (Lipinski definition) is 1. The van der Waals surface area contributed by atoms with Gasteiger partial charge in [-0.05, 0) is 37.0 Å². The molecule has 1 aromatic carbocycles. The lowest BCUT2D eigenvalue weighted by molar-refractivity contribution is 0.413. The molecule has 0 fully saturated rings. The van der Waals surface area contributed by atoms with Crippen molar-refractivity contribution in [3.8, 4) is 5.75 Å². The summed E-state index contributed by atoms with van der Waals surface area (Å²) in [4.78, 5) is 0. The summed E-state index contributed by atoms with van der Waals surface area (Å²) in [6.07, 6.45) is 1.01. The molecule has 78 valence electrons. The van der Waals surface area contributed by atoms with Crippen LogP contribution in [0.4, 0.5) is 0 Å². The van der Waals surface area contributed by atoms with E-state index >= 15 is 0 Å². The van der Waals surface area contributed by atoms with Gasteiger partial charge in [0.2, 0.25) is 0 Å². The first kappa shape index (κ1) is 11.1. The van der Waals surface area contributed by atoms with Gasteiger partial charge in [0.1, 0.15) is 5.75 Å². The van der Waals surface area contributed by atoms with Gasteiger partial charge in [-0.3, -0.25) is 0 Å². The molecule has 0 heterocycles. The van der Waals surface area contributed by atoms with Crippen molar-refractivity contribution < 1.29 is 4.74 Å². The zero-order chi connectivity index (χ0) is 10.6. The first-order valence-corrected chi connectivity index (χ1v) is 5.03. The number of ether oxygens (including phenoxy) is 1. The molecule has 0 aromatic heterocycles. The first-order chi connectivity index (χ1) is 6.63. The van der Waals surface area contributed by atoms with E-state index in [0.29, 0.717) is 5.92 Å². The highest BCUT2D eigenvalue weighted by Crippen LogP contribution is 2.23. The molecule has 0 spiro atoms. The van der Waals surface area contributed by atoms with Gasteiger partial charge in [0.15, 0.2) is 0 Å². The Morgan fingerprint density at radius 1 is 1.36 bits per heavy atom. The topological polar surface area (TPSA) is 35.2 Å². The minimum Gasteiger partial charge on any atom is -0.497 e. The largest absolute Gasteiger partial charge is 0.497 e. The van der Waals surface area contributed by atoms with E-state index in [1.807, 2.05) is 19.1 Å². The Balaban J connectivity index is 2.73. The van der Waals surface area contributed by atoms with E-state index in [1.54, 1.807) is 7.11 Å². The van der Waals surface area contributed by atoms with Gasteiger partial charge in [-0.25, -0.2) is 0 Å². The number of benzene rings is 1. The van der Waals surface area contributed by atoms with E-state index in [0.717, 1.165) is 12.2 Å². The molecule has 0 bridgehead atoms. The number of hydrogen-bond acceptors (Lipinski definition) is 2. The fraction of sp³-hybridized carbons (Fsp3) is 0.500. The second-order valence-corrected chi connectivity index (χ2v) is 3.89. The lowest BCUT2D eigenvalue weighted by Crippen LogP contribution is -2.17. The highest BCUT2D eigenvalue weighted by molar-refractivity contribution is 5.30. The van der Waals surface area contributed by atoms with Gasteiger partial charge in [-0.2, -0.15) is 0 Å². The van der Waals surface area contributed by atoms with Gasteiger partial charge in [0, 0.05) is 6.04 Å². The molecule has 2 unspecified atom stereocenters. The monoisotopic (exact) mass is 193 g/mol. The van der Waals surface area contributed by atoms with Crippen LogP contribution in [-0.4, -0.2) is 13.2 Å². The summed E-state index contributed by atoms with van der Waals surface area (Å²) in [5, 5.41) is 0. The molecule has 0 aliphatic carbocycles. The van der Waals surface area contributed by atoms with Crippen molar-refractivity contribution in [2.75, 3.05) is 7.11 Å². The average molecular weight is 193 g/mol. The van der Waals surface area contributed by atoms with Gasteiger partial charge in [0.25, 0.3) is 0 Å². The predicted octanol–water partition coefficient (Wildman–Crippen LogP) is 2.54. The van der Waals surface area contributed by atoms with Crippen LogP contribution in [0.5, 0.6) is 5.75 Å². The number of rotatable bonds is 4. The van der Waals surface area contributed by atoms with Gasteiger partial charge < -0.3 is 10.5 Å². The third-order valence-corrected chi connectivity index (χ3v) is 2.39. The van der Waals surface area contributed by atoms with Gasteiger partial charge in [0.05, 0.1) is 7.11 Å². The highest BCUT2D eigenvalue weighted by atomic mass is 16.5. The Labute approximate surface area is 86.1 Å². The quantitative estimate of drug-likeness (QED) is 0.797. The van der Waals surface area contributed by atoms with Crippen LogP contribution < -0.4 is 10.5 Å². The van der Waals surface area contributed by atoms with Crippen LogP contribution in [0, 0.1) is 0 Å². The van der Waals surface area contributed by atoms with Crippen molar-refractivity contribution in [2.45, 2.75) is 32.2 Å². The number of methoxy groups -OCH3 is 1. The molecule has 0 radical (unpaired) electrons. The Morgan fingerprint density at radius 2 is 2.07 bits per heavy atom. The molecule has 2 heteroatoms. The lowest BCUT2D eigenvalue weighted by Gasteiger charge is -2.14. The summed E-state index contributed by atoms with van der Waals surface area (Å²) in [6, 6.07) is 8.42. The van der Waals surface area contributed by atoms with Crippen LogP contribution >= 0.6 is 0 Å². The molecular weight excluding hydrogens is 174 g/mol. The smallest absolute Gasteiger partial charge is 0.119 e. The van der Waals surface area contributed by atoms with Crippen LogP contribution in [0.25, 0.3) is 0 Å². The van der Waals surface area contributed by atoms with Crippen molar-refractivity contribution in [1.82, 2.24) is 0 Å². The minimum absolute atomic E-state index is 0.246. The third-order valence-electron chi connectivity index (χ3n) is 2.39. The average Bonchev–Trinajstić information content (AvgIpc) is 2.17. The van der Waals surface area contributed by atoms with E-state index in [1.165, 1.54) is 5.56 Å². The van der Waals surface area contributed by atoms with E-state index in [2.05, 4.69) is 19.1 Å². The Kier molecular flexibility index (Phi) is 3.96. The molecular formula is C12H19NO. The predicted molar refractivity (Wildman–Crippen MR) is 59.7 cm³/mol. The summed E-state index contributed by atoms with van der Waals surface area (Å²) in [6.45, 7) is 4.23. The second kappa shape index (κ2) is 5.01. The van der Waals surface area contributed by atoms with Crippen molar-refractivity contribution in [2.24, 2.45) is 5.73 Å². The Morgan fingerprint density at radius 3 is 2.64 bits per heavy atom. The zero-order valence-corrected chi connectivity index (χ0v) is 9.16. The molecule has 1 rings (SSSR count). The molecule has 0 amide bonds. The maximum Gasteiger partial charge on any atom is 0.119 e. The van der Waals surface area contributed by atoms with Crippen LogP contribution in [0.15, 0.2) is 24.3 Å².